The Hall–Kier alpha value is -2.65. The van der Waals surface area contributed by atoms with Crippen molar-refractivity contribution in [1.82, 2.24) is 20.5 Å². The molecule has 0 unspecified atom stereocenters. The summed E-state index contributed by atoms with van der Waals surface area (Å²) in [6.45, 7) is 3.62. The molecule has 1 aromatic carbocycles. The smallest absolute Gasteiger partial charge is 0.236 e. The molecule has 0 radical (unpaired) electrons. The number of hydrogen-bond donors (Lipinski definition) is 2. The molecule has 3 aliphatic rings. The lowest BCUT2D eigenvalue weighted by molar-refractivity contribution is -0.132. The Morgan fingerprint density at radius 3 is 2.79 bits per heavy atom. The van der Waals surface area contributed by atoms with Gasteiger partial charge in [0.05, 0.1) is 6.54 Å². The van der Waals surface area contributed by atoms with Crippen LogP contribution in [0.4, 0.5) is 13.2 Å². The number of likely N-dealkylation sites (tertiary alicyclic amines) is 1. The summed E-state index contributed by atoms with van der Waals surface area (Å²) in [5, 5.41) is 6.67. The van der Waals surface area contributed by atoms with E-state index in [4.69, 9.17) is 4.74 Å². The van der Waals surface area contributed by atoms with Crippen LogP contribution in [-0.4, -0.2) is 54.6 Å². The van der Waals surface area contributed by atoms with E-state index in [1.807, 2.05) is 4.90 Å². The Labute approximate surface area is 196 Å². The van der Waals surface area contributed by atoms with Crippen LogP contribution in [0.1, 0.15) is 42.7 Å². The molecule has 1 aromatic heterocycles. The molecule has 2 saturated heterocycles. The standard InChI is InChI=1S/C25H29F3N4O2/c26-17-10-19(23(20(27)11-17)34-14-16-2-1-6-30-24(16)28)18-12-21(18)31-13-22(33)32-8-4-25(5-9-32)3-7-29-15-25/h1-2,6,10-11,18,21,29,31H,3-5,7-9,12-15H2/t18-,21+/m0/s1. The number of amides is 1. The Morgan fingerprint density at radius 2 is 2.06 bits per heavy atom. The molecular weight excluding hydrogens is 445 g/mol. The Kier molecular flexibility index (Phi) is 6.48. The van der Waals surface area contributed by atoms with E-state index < -0.39 is 17.6 Å². The molecule has 1 spiro atoms. The molecular formula is C25H29F3N4O2. The van der Waals surface area contributed by atoms with Gasteiger partial charge in [0.1, 0.15) is 12.4 Å². The number of pyridine rings is 1. The molecule has 1 aliphatic carbocycles. The van der Waals surface area contributed by atoms with Crippen molar-refractivity contribution in [3.8, 4) is 5.75 Å². The first-order valence-corrected chi connectivity index (χ1v) is 11.9. The topological polar surface area (TPSA) is 66.5 Å². The van der Waals surface area contributed by atoms with Gasteiger partial charge in [0.15, 0.2) is 11.6 Å². The van der Waals surface area contributed by atoms with E-state index in [2.05, 4.69) is 15.6 Å². The Morgan fingerprint density at radius 1 is 1.24 bits per heavy atom. The van der Waals surface area contributed by atoms with Crippen molar-refractivity contribution in [3.05, 3.63) is 59.2 Å². The first kappa shape index (κ1) is 23.1. The van der Waals surface area contributed by atoms with Gasteiger partial charge in [-0.1, -0.05) is 0 Å². The van der Waals surface area contributed by atoms with Gasteiger partial charge < -0.3 is 20.3 Å². The maximum Gasteiger partial charge on any atom is 0.236 e. The second kappa shape index (κ2) is 9.54. The number of nitrogens with one attached hydrogen (secondary N) is 2. The number of aromatic nitrogens is 1. The summed E-state index contributed by atoms with van der Waals surface area (Å²) >= 11 is 0. The number of nitrogens with zero attached hydrogens (tertiary/aromatic N) is 2. The molecule has 9 heteroatoms. The molecule has 182 valence electrons. The summed E-state index contributed by atoms with van der Waals surface area (Å²) in [5.41, 5.74) is 0.924. The third kappa shape index (κ3) is 4.90. The van der Waals surface area contributed by atoms with Crippen LogP contribution in [0, 0.1) is 23.0 Å². The zero-order valence-corrected chi connectivity index (χ0v) is 19.0. The highest BCUT2D eigenvalue weighted by Crippen LogP contribution is 2.46. The minimum Gasteiger partial charge on any atom is -0.485 e. The lowest BCUT2D eigenvalue weighted by Gasteiger charge is -2.39. The molecule has 3 heterocycles. The van der Waals surface area contributed by atoms with Crippen LogP contribution in [-0.2, 0) is 11.4 Å². The average molecular weight is 475 g/mol. The number of carbonyl (C=O) groups excluding carboxylic acids is 1. The normalized spacial score (nSPS) is 23.3. The summed E-state index contributed by atoms with van der Waals surface area (Å²) in [7, 11) is 0. The van der Waals surface area contributed by atoms with Gasteiger partial charge in [-0.15, -0.1) is 0 Å². The molecule has 2 N–H and O–H groups in total. The van der Waals surface area contributed by atoms with Crippen LogP contribution in [0.3, 0.4) is 0 Å². The van der Waals surface area contributed by atoms with Gasteiger partial charge in [0.2, 0.25) is 11.9 Å². The SMILES string of the molecule is O=C(CN[C@@H]1C[C@H]1c1cc(F)cc(F)c1OCc1cccnc1F)N1CCC2(CCNC2)CC1. The third-order valence-electron chi connectivity index (χ3n) is 7.46. The maximum absolute atomic E-state index is 14.6. The summed E-state index contributed by atoms with van der Waals surface area (Å²) in [5.74, 6) is -2.43. The van der Waals surface area contributed by atoms with Crippen molar-refractivity contribution in [2.45, 2.75) is 44.2 Å². The van der Waals surface area contributed by atoms with Gasteiger partial charge in [0.25, 0.3) is 0 Å². The fraction of sp³-hybridized carbons (Fsp3) is 0.520. The predicted octanol–water partition coefficient (Wildman–Crippen LogP) is 3.13. The third-order valence-corrected chi connectivity index (χ3v) is 7.46. The Balaban J connectivity index is 1.17. The predicted molar refractivity (Wildman–Crippen MR) is 120 cm³/mol. The molecule has 1 amide bonds. The molecule has 5 rings (SSSR count). The number of rotatable bonds is 7. The second-order valence-electron chi connectivity index (χ2n) is 9.69. The van der Waals surface area contributed by atoms with E-state index in [0.717, 1.165) is 45.1 Å². The minimum atomic E-state index is -0.829. The van der Waals surface area contributed by atoms with E-state index in [9.17, 15) is 18.0 Å². The molecule has 34 heavy (non-hydrogen) atoms. The summed E-state index contributed by atoms with van der Waals surface area (Å²) < 4.78 is 47.9. The summed E-state index contributed by atoms with van der Waals surface area (Å²) in [6.07, 6.45) is 5.19. The molecule has 2 atom stereocenters. The lowest BCUT2D eigenvalue weighted by Crippen LogP contribution is -2.47. The number of piperidine rings is 1. The van der Waals surface area contributed by atoms with Crippen LogP contribution >= 0.6 is 0 Å². The van der Waals surface area contributed by atoms with E-state index in [0.29, 0.717) is 17.4 Å². The number of carbonyl (C=O) groups is 1. The van der Waals surface area contributed by atoms with Crippen LogP contribution in [0.2, 0.25) is 0 Å². The van der Waals surface area contributed by atoms with Gasteiger partial charge >= 0.3 is 0 Å². The van der Waals surface area contributed by atoms with Crippen molar-refractivity contribution in [3.63, 3.8) is 0 Å². The maximum atomic E-state index is 14.6. The van der Waals surface area contributed by atoms with E-state index in [1.165, 1.54) is 24.8 Å². The molecule has 2 aliphatic heterocycles. The largest absolute Gasteiger partial charge is 0.485 e. The van der Waals surface area contributed by atoms with Crippen LogP contribution in [0.25, 0.3) is 0 Å². The van der Waals surface area contributed by atoms with Gasteiger partial charge in [0, 0.05) is 55.0 Å². The van der Waals surface area contributed by atoms with Gasteiger partial charge in [-0.2, -0.15) is 4.39 Å². The van der Waals surface area contributed by atoms with Crippen LogP contribution < -0.4 is 15.4 Å². The van der Waals surface area contributed by atoms with Crippen molar-refractivity contribution < 1.29 is 22.7 Å². The van der Waals surface area contributed by atoms with Gasteiger partial charge in [-0.05, 0) is 55.8 Å². The summed E-state index contributed by atoms with van der Waals surface area (Å²) in [4.78, 5) is 18.2. The highest BCUT2D eigenvalue weighted by molar-refractivity contribution is 5.78. The van der Waals surface area contributed by atoms with E-state index >= 15 is 0 Å². The lowest BCUT2D eigenvalue weighted by atomic mass is 9.78. The number of ether oxygens (including phenoxy) is 1. The molecule has 3 fully saturated rings. The van der Waals surface area contributed by atoms with Gasteiger partial charge in [-0.3, -0.25) is 4.79 Å². The number of benzene rings is 1. The monoisotopic (exact) mass is 474 g/mol. The zero-order chi connectivity index (χ0) is 23.7. The highest BCUT2D eigenvalue weighted by atomic mass is 19.1. The van der Waals surface area contributed by atoms with Crippen LogP contribution in [0.5, 0.6) is 5.75 Å². The van der Waals surface area contributed by atoms with Crippen molar-refractivity contribution in [1.29, 1.82) is 0 Å². The van der Waals surface area contributed by atoms with Crippen molar-refractivity contribution >= 4 is 5.91 Å². The zero-order valence-electron chi connectivity index (χ0n) is 19.0. The average Bonchev–Trinajstić information content (AvgIpc) is 3.47. The molecule has 0 bridgehead atoms. The molecule has 1 saturated carbocycles. The quantitative estimate of drug-likeness (QED) is 0.604. The number of hydrogen-bond acceptors (Lipinski definition) is 5. The van der Waals surface area contributed by atoms with E-state index in [1.54, 1.807) is 6.07 Å². The molecule has 6 nitrogen and oxygen atoms in total. The van der Waals surface area contributed by atoms with Crippen molar-refractivity contribution in [2.24, 2.45) is 5.41 Å². The second-order valence-corrected chi connectivity index (χ2v) is 9.69. The summed E-state index contributed by atoms with van der Waals surface area (Å²) in [6, 6.07) is 5.01. The van der Waals surface area contributed by atoms with E-state index in [-0.39, 0.29) is 42.3 Å². The first-order valence-electron chi connectivity index (χ1n) is 11.9. The number of halogens is 3. The highest BCUT2D eigenvalue weighted by Gasteiger charge is 2.42. The first-order chi connectivity index (χ1) is 16.4. The fourth-order valence-electron chi connectivity index (χ4n) is 5.23. The van der Waals surface area contributed by atoms with Crippen molar-refractivity contribution in [2.75, 3.05) is 32.7 Å². The minimum absolute atomic E-state index is 0.0559. The van der Waals surface area contributed by atoms with Crippen LogP contribution in [0.15, 0.2) is 30.5 Å². The fourth-order valence-corrected chi connectivity index (χ4v) is 5.23. The Bertz CT molecular complexity index is 1050. The van der Waals surface area contributed by atoms with Gasteiger partial charge in [-0.25, -0.2) is 13.8 Å². The molecule has 2 aromatic rings.